The number of rotatable bonds is 8. The number of benzene rings is 2. The number of carbonyl (C=O) groups excluding carboxylic acids is 1. The number of amides is 1. The van der Waals surface area contributed by atoms with E-state index in [1.807, 2.05) is 50.2 Å². The lowest BCUT2D eigenvalue weighted by Gasteiger charge is -2.24. The first kappa shape index (κ1) is 22.1. The van der Waals surface area contributed by atoms with Crippen LogP contribution in [0, 0.1) is 27.7 Å². The highest BCUT2D eigenvalue weighted by Gasteiger charge is 2.29. The van der Waals surface area contributed by atoms with Gasteiger partial charge in [0.25, 0.3) is 0 Å². The van der Waals surface area contributed by atoms with Crippen LogP contribution in [0.4, 0.5) is 0 Å². The Kier molecular flexibility index (Phi) is 7.35. The van der Waals surface area contributed by atoms with Gasteiger partial charge >= 0.3 is 0 Å². The van der Waals surface area contributed by atoms with E-state index < -0.39 is 15.9 Å². The van der Waals surface area contributed by atoms with Crippen LogP contribution < -0.4 is 5.32 Å². The average molecular weight is 405 g/mol. The van der Waals surface area contributed by atoms with Crippen LogP contribution >= 0.6 is 0 Å². The second-order valence-electron chi connectivity index (χ2n) is 7.06. The first-order valence-corrected chi connectivity index (χ1v) is 10.6. The molecule has 0 saturated heterocycles. The monoisotopic (exact) mass is 404 g/mol. The van der Waals surface area contributed by atoms with Gasteiger partial charge in [0.1, 0.15) is 0 Å². The first-order valence-electron chi connectivity index (χ1n) is 9.16. The lowest BCUT2D eigenvalue weighted by molar-refractivity contribution is -0.121. The van der Waals surface area contributed by atoms with Gasteiger partial charge in [0.05, 0.1) is 18.0 Å². The van der Waals surface area contributed by atoms with Crippen molar-refractivity contribution < 1.29 is 18.3 Å². The highest BCUT2D eigenvalue weighted by molar-refractivity contribution is 7.89. The summed E-state index contributed by atoms with van der Waals surface area (Å²) in [4.78, 5) is 12.5. The number of sulfonamides is 1. The Morgan fingerprint density at radius 2 is 1.57 bits per heavy atom. The van der Waals surface area contributed by atoms with Crippen LogP contribution in [0.5, 0.6) is 0 Å². The lowest BCUT2D eigenvalue weighted by Crippen LogP contribution is -2.41. The molecule has 2 aromatic rings. The van der Waals surface area contributed by atoms with Gasteiger partial charge in [0.15, 0.2) is 0 Å². The largest absolute Gasteiger partial charge is 0.395 e. The number of aliphatic hydroxyl groups is 1. The molecule has 7 heteroatoms. The Hall–Kier alpha value is -2.22. The SMILES string of the molecule is Cc1ccc(CN(CC(=O)NCCO)S(=O)(=O)c2c(C)cc(C)cc2C)cc1. The van der Waals surface area contributed by atoms with Crippen LogP contribution in [0.3, 0.4) is 0 Å². The molecule has 0 heterocycles. The second kappa shape index (κ2) is 9.32. The molecule has 0 aromatic heterocycles. The van der Waals surface area contributed by atoms with E-state index in [4.69, 9.17) is 5.11 Å². The zero-order chi connectivity index (χ0) is 20.9. The van der Waals surface area contributed by atoms with Crippen molar-refractivity contribution in [3.8, 4) is 0 Å². The fourth-order valence-electron chi connectivity index (χ4n) is 3.24. The summed E-state index contributed by atoms with van der Waals surface area (Å²) < 4.78 is 28.1. The van der Waals surface area contributed by atoms with Crippen molar-refractivity contribution in [3.63, 3.8) is 0 Å². The van der Waals surface area contributed by atoms with Crippen molar-refractivity contribution in [2.24, 2.45) is 0 Å². The molecule has 0 radical (unpaired) electrons. The Morgan fingerprint density at radius 3 is 2.11 bits per heavy atom. The van der Waals surface area contributed by atoms with E-state index in [1.54, 1.807) is 13.8 Å². The van der Waals surface area contributed by atoms with E-state index in [1.165, 1.54) is 4.31 Å². The van der Waals surface area contributed by atoms with Crippen LogP contribution in [0.2, 0.25) is 0 Å². The Bertz CT molecular complexity index is 914. The second-order valence-corrected chi connectivity index (χ2v) is 8.93. The van der Waals surface area contributed by atoms with Crippen LogP contribution in [0.15, 0.2) is 41.3 Å². The normalized spacial score (nSPS) is 11.6. The number of aryl methyl sites for hydroxylation is 4. The topological polar surface area (TPSA) is 86.7 Å². The van der Waals surface area contributed by atoms with E-state index in [-0.39, 0.29) is 31.1 Å². The minimum Gasteiger partial charge on any atom is -0.395 e. The van der Waals surface area contributed by atoms with Crippen molar-refractivity contribution in [2.45, 2.75) is 39.1 Å². The van der Waals surface area contributed by atoms with Crippen molar-refractivity contribution in [3.05, 3.63) is 64.2 Å². The van der Waals surface area contributed by atoms with Crippen molar-refractivity contribution in [2.75, 3.05) is 19.7 Å². The molecular formula is C21H28N2O4S. The molecule has 6 nitrogen and oxygen atoms in total. The van der Waals surface area contributed by atoms with Crippen LogP contribution in [0.25, 0.3) is 0 Å². The van der Waals surface area contributed by atoms with Crippen molar-refractivity contribution >= 4 is 15.9 Å². The number of hydrogen-bond acceptors (Lipinski definition) is 4. The van der Waals surface area contributed by atoms with Crippen LogP contribution in [-0.4, -0.2) is 43.4 Å². The summed E-state index contributed by atoms with van der Waals surface area (Å²) in [6, 6.07) is 11.2. The smallest absolute Gasteiger partial charge is 0.244 e. The van der Waals surface area contributed by atoms with E-state index >= 15 is 0 Å². The third kappa shape index (κ3) is 5.41. The Morgan fingerprint density at radius 1 is 1.00 bits per heavy atom. The molecule has 0 aliphatic heterocycles. The molecule has 0 spiro atoms. The van der Waals surface area contributed by atoms with E-state index in [2.05, 4.69) is 5.32 Å². The first-order chi connectivity index (χ1) is 13.1. The van der Waals surface area contributed by atoms with Gasteiger partial charge in [-0.15, -0.1) is 0 Å². The minimum absolute atomic E-state index is 0.0832. The third-order valence-electron chi connectivity index (χ3n) is 4.44. The number of aliphatic hydroxyl groups excluding tert-OH is 1. The van der Waals surface area contributed by atoms with Gasteiger partial charge in [-0.2, -0.15) is 4.31 Å². The molecule has 0 bridgehead atoms. The summed E-state index contributed by atoms with van der Waals surface area (Å²) in [6.07, 6.45) is 0. The van der Waals surface area contributed by atoms with Gasteiger partial charge in [-0.05, 0) is 44.4 Å². The van der Waals surface area contributed by atoms with Crippen molar-refractivity contribution in [1.29, 1.82) is 0 Å². The summed E-state index contributed by atoms with van der Waals surface area (Å²) in [5, 5.41) is 11.4. The lowest BCUT2D eigenvalue weighted by atomic mass is 10.1. The molecule has 0 aliphatic rings. The molecule has 28 heavy (non-hydrogen) atoms. The summed E-state index contributed by atoms with van der Waals surface area (Å²) in [6.45, 7) is 7.06. The van der Waals surface area contributed by atoms with Gasteiger partial charge < -0.3 is 10.4 Å². The number of nitrogens with zero attached hydrogens (tertiary/aromatic N) is 1. The molecule has 0 unspecified atom stereocenters. The minimum atomic E-state index is -3.90. The predicted octanol–water partition coefficient (Wildman–Crippen LogP) is 2.22. The summed E-state index contributed by atoms with van der Waals surface area (Å²) in [5.74, 6) is -0.452. The zero-order valence-electron chi connectivity index (χ0n) is 16.8. The van der Waals surface area contributed by atoms with E-state index in [9.17, 15) is 13.2 Å². The third-order valence-corrected chi connectivity index (χ3v) is 6.53. The number of nitrogens with one attached hydrogen (secondary N) is 1. The summed E-state index contributed by atoms with van der Waals surface area (Å²) in [5.41, 5.74) is 4.17. The number of hydrogen-bond donors (Lipinski definition) is 2. The van der Waals surface area contributed by atoms with Gasteiger partial charge in [-0.1, -0.05) is 47.5 Å². The predicted molar refractivity (Wildman–Crippen MR) is 110 cm³/mol. The fraction of sp³-hybridized carbons (Fsp3) is 0.381. The van der Waals surface area contributed by atoms with Crippen molar-refractivity contribution in [1.82, 2.24) is 9.62 Å². The van der Waals surface area contributed by atoms with Gasteiger partial charge in [0.2, 0.25) is 15.9 Å². The molecule has 2 aromatic carbocycles. The number of carbonyl (C=O) groups is 1. The molecular weight excluding hydrogens is 376 g/mol. The summed E-state index contributed by atoms with van der Waals surface area (Å²) >= 11 is 0. The molecule has 0 atom stereocenters. The molecule has 0 fully saturated rings. The standard InChI is InChI=1S/C21H28N2O4S/c1-15-5-7-19(8-6-15)13-23(14-20(25)22-9-10-24)28(26,27)21-17(3)11-16(2)12-18(21)4/h5-8,11-12,24H,9-10,13-14H2,1-4H3,(H,22,25). The van der Waals surface area contributed by atoms with Gasteiger partial charge in [-0.25, -0.2) is 8.42 Å². The molecule has 0 saturated carbocycles. The molecule has 0 aliphatic carbocycles. The van der Waals surface area contributed by atoms with E-state index in [0.29, 0.717) is 11.1 Å². The highest BCUT2D eigenvalue weighted by Crippen LogP contribution is 2.26. The van der Waals surface area contributed by atoms with Gasteiger partial charge in [-0.3, -0.25) is 4.79 Å². The Balaban J connectivity index is 2.44. The van der Waals surface area contributed by atoms with E-state index in [0.717, 1.165) is 16.7 Å². The molecule has 152 valence electrons. The summed E-state index contributed by atoms with van der Waals surface area (Å²) in [7, 11) is -3.90. The Labute approximate surface area is 167 Å². The van der Waals surface area contributed by atoms with Gasteiger partial charge in [0, 0.05) is 13.1 Å². The quantitative estimate of drug-likeness (QED) is 0.706. The zero-order valence-corrected chi connectivity index (χ0v) is 17.6. The molecule has 1 amide bonds. The molecule has 2 N–H and O–H groups in total. The van der Waals surface area contributed by atoms with Crippen LogP contribution in [0.1, 0.15) is 27.8 Å². The average Bonchev–Trinajstić information content (AvgIpc) is 2.60. The maximum Gasteiger partial charge on any atom is 0.244 e. The van der Waals surface area contributed by atoms with Crippen LogP contribution in [-0.2, 0) is 21.4 Å². The fourth-order valence-corrected chi connectivity index (χ4v) is 5.03. The maximum atomic E-state index is 13.5. The maximum absolute atomic E-state index is 13.5. The highest BCUT2D eigenvalue weighted by atomic mass is 32.2. The molecule has 2 rings (SSSR count).